The highest BCUT2D eigenvalue weighted by Crippen LogP contribution is 2.18. The number of nitrogens with zero attached hydrogens (tertiary/aromatic N) is 3. The number of fused-ring (bicyclic) bond motifs is 1. The summed E-state index contributed by atoms with van der Waals surface area (Å²) in [6.07, 6.45) is 1.92. The minimum Gasteiger partial charge on any atom is -0.336 e. The van der Waals surface area contributed by atoms with Crippen LogP contribution in [0.3, 0.4) is 0 Å². The number of rotatable bonds is 4. The van der Waals surface area contributed by atoms with E-state index in [1.54, 1.807) is 4.90 Å². The van der Waals surface area contributed by atoms with Gasteiger partial charge >= 0.3 is 0 Å². The van der Waals surface area contributed by atoms with Gasteiger partial charge in [0.25, 0.3) is 5.91 Å². The van der Waals surface area contributed by atoms with Crippen LogP contribution in [0.4, 0.5) is 0 Å². The van der Waals surface area contributed by atoms with Crippen molar-refractivity contribution >= 4 is 5.91 Å². The molecule has 0 fully saturated rings. The van der Waals surface area contributed by atoms with Crippen molar-refractivity contribution in [2.24, 2.45) is 0 Å². The van der Waals surface area contributed by atoms with Gasteiger partial charge in [0.1, 0.15) is 0 Å². The van der Waals surface area contributed by atoms with Gasteiger partial charge in [0.15, 0.2) is 0 Å². The van der Waals surface area contributed by atoms with E-state index < -0.39 is 0 Å². The molecule has 3 aromatic rings. The third-order valence-corrected chi connectivity index (χ3v) is 4.50. The zero-order valence-electron chi connectivity index (χ0n) is 14.1. The van der Waals surface area contributed by atoms with Gasteiger partial charge in [-0.3, -0.25) is 4.79 Å². The Labute approximate surface area is 146 Å². The molecule has 0 aliphatic carbocycles. The van der Waals surface area contributed by atoms with Crippen LogP contribution in [0.1, 0.15) is 27.2 Å². The van der Waals surface area contributed by atoms with Crippen molar-refractivity contribution < 1.29 is 4.79 Å². The summed E-state index contributed by atoms with van der Waals surface area (Å²) in [7, 11) is 1.81. The topological polar surface area (TPSA) is 50.2 Å². The van der Waals surface area contributed by atoms with Crippen LogP contribution in [-0.2, 0) is 19.6 Å². The molecule has 5 nitrogen and oxygen atoms in total. The molecule has 0 radical (unpaired) electrons. The van der Waals surface area contributed by atoms with Gasteiger partial charge in [-0.15, -0.1) is 0 Å². The number of amides is 1. The second-order valence-corrected chi connectivity index (χ2v) is 6.34. The normalized spacial score (nSPS) is 12.8. The van der Waals surface area contributed by atoms with Gasteiger partial charge in [0, 0.05) is 31.9 Å². The van der Waals surface area contributed by atoms with Crippen molar-refractivity contribution in [2.75, 3.05) is 7.05 Å². The number of nitrogens with one attached hydrogen (secondary N) is 1. The summed E-state index contributed by atoms with van der Waals surface area (Å²) in [5.74, 6) is 0.0176. The predicted octanol–water partition coefficient (Wildman–Crippen LogP) is 2.75. The Kier molecular flexibility index (Phi) is 4.07. The van der Waals surface area contributed by atoms with E-state index in [0.717, 1.165) is 30.0 Å². The molecule has 4 rings (SSSR count). The summed E-state index contributed by atoms with van der Waals surface area (Å²) in [5, 5.41) is 7.87. The van der Waals surface area contributed by atoms with E-state index in [2.05, 4.69) is 10.4 Å². The molecule has 1 amide bonds. The summed E-state index contributed by atoms with van der Waals surface area (Å²) in [5.41, 5.74) is 5.09. The number of para-hydroxylation sites is 1. The van der Waals surface area contributed by atoms with Crippen molar-refractivity contribution in [2.45, 2.75) is 19.6 Å². The lowest BCUT2D eigenvalue weighted by Gasteiger charge is -2.16. The fourth-order valence-corrected chi connectivity index (χ4v) is 3.13. The summed E-state index contributed by atoms with van der Waals surface area (Å²) in [4.78, 5) is 14.4. The van der Waals surface area contributed by atoms with Crippen LogP contribution in [0.15, 0.2) is 60.8 Å². The van der Waals surface area contributed by atoms with Crippen molar-refractivity contribution in [3.63, 3.8) is 0 Å². The summed E-state index contributed by atoms with van der Waals surface area (Å²) < 4.78 is 1.83. The first-order valence-corrected chi connectivity index (χ1v) is 8.39. The Bertz CT molecular complexity index is 901. The van der Waals surface area contributed by atoms with Crippen LogP contribution < -0.4 is 5.32 Å². The van der Waals surface area contributed by atoms with Crippen LogP contribution in [0.2, 0.25) is 0 Å². The highest BCUT2D eigenvalue weighted by molar-refractivity contribution is 5.94. The van der Waals surface area contributed by atoms with Gasteiger partial charge in [-0.2, -0.15) is 5.10 Å². The van der Waals surface area contributed by atoms with Crippen LogP contribution in [0, 0.1) is 0 Å². The smallest absolute Gasteiger partial charge is 0.253 e. The molecule has 5 heteroatoms. The molecular formula is C20H20N4O. The van der Waals surface area contributed by atoms with Crippen LogP contribution in [0.5, 0.6) is 0 Å². The van der Waals surface area contributed by atoms with Gasteiger partial charge in [-0.25, -0.2) is 4.68 Å². The SMILES string of the molecule is CN(Cc1ccn(-c2ccccc2)n1)C(=O)c1ccc2c(c1)CNC2. The number of carbonyl (C=O) groups excluding carboxylic acids is 1. The average Bonchev–Trinajstić information content (AvgIpc) is 3.30. The quantitative estimate of drug-likeness (QED) is 0.799. The van der Waals surface area contributed by atoms with Crippen LogP contribution >= 0.6 is 0 Å². The van der Waals surface area contributed by atoms with E-state index in [1.165, 1.54) is 11.1 Å². The molecule has 1 aliphatic heterocycles. The Hall–Kier alpha value is -2.92. The first-order valence-electron chi connectivity index (χ1n) is 8.39. The maximum absolute atomic E-state index is 12.7. The van der Waals surface area contributed by atoms with Gasteiger partial charge < -0.3 is 10.2 Å². The summed E-state index contributed by atoms with van der Waals surface area (Å²) in [6, 6.07) is 17.8. The molecule has 1 aliphatic rings. The molecule has 0 spiro atoms. The lowest BCUT2D eigenvalue weighted by atomic mass is 10.1. The van der Waals surface area contributed by atoms with Crippen molar-refractivity contribution in [1.29, 1.82) is 0 Å². The minimum absolute atomic E-state index is 0.0176. The lowest BCUT2D eigenvalue weighted by molar-refractivity contribution is 0.0783. The third kappa shape index (κ3) is 3.19. The molecule has 1 aromatic heterocycles. The molecule has 0 saturated carbocycles. The van der Waals surface area contributed by atoms with Gasteiger partial charge in [-0.05, 0) is 41.5 Å². The number of hydrogen-bond acceptors (Lipinski definition) is 3. The van der Waals surface area contributed by atoms with Crippen molar-refractivity contribution in [3.8, 4) is 5.69 Å². The first-order chi connectivity index (χ1) is 12.2. The predicted molar refractivity (Wildman–Crippen MR) is 96.3 cm³/mol. The molecule has 0 unspecified atom stereocenters. The molecule has 126 valence electrons. The molecule has 1 N–H and O–H groups in total. The van der Waals surface area contributed by atoms with E-state index in [1.807, 2.05) is 72.5 Å². The summed E-state index contributed by atoms with van der Waals surface area (Å²) in [6.45, 7) is 2.20. The maximum Gasteiger partial charge on any atom is 0.253 e. The van der Waals surface area contributed by atoms with Gasteiger partial charge in [-0.1, -0.05) is 24.3 Å². The zero-order valence-corrected chi connectivity index (χ0v) is 14.1. The highest BCUT2D eigenvalue weighted by atomic mass is 16.2. The van der Waals surface area contributed by atoms with E-state index in [-0.39, 0.29) is 5.91 Å². The lowest BCUT2D eigenvalue weighted by Crippen LogP contribution is -2.26. The minimum atomic E-state index is 0.0176. The highest BCUT2D eigenvalue weighted by Gasteiger charge is 2.17. The van der Waals surface area contributed by atoms with Crippen molar-refractivity contribution in [3.05, 3.63) is 83.2 Å². The number of carbonyl (C=O) groups is 1. The summed E-state index contributed by atoms with van der Waals surface area (Å²) >= 11 is 0. The average molecular weight is 332 g/mol. The maximum atomic E-state index is 12.7. The van der Waals surface area contributed by atoms with Crippen LogP contribution in [-0.4, -0.2) is 27.6 Å². The largest absolute Gasteiger partial charge is 0.336 e. The molecule has 2 heterocycles. The second kappa shape index (κ2) is 6.53. The molecular weight excluding hydrogens is 312 g/mol. The number of aromatic nitrogens is 2. The Morgan fingerprint density at radius 3 is 2.76 bits per heavy atom. The first kappa shape index (κ1) is 15.6. The van der Waals surface area contributed by atoms with E-state index in [4.69, 9.17) is 0 Å². The number of hydrogen-bond donors (Lipinski definition) is 1. The van der Waals surface area contributed by atoms with Gasteiger partial charge in [0.05, 0.1) is 17.9 Å². The fraction of sp³-hybridized carbons (Fsp3) is 0.200. The van der Waals surface area contributed by atoms with Crippen molar-refractivity contribution in [1.82, 2.24) is 20.0 Å². The third-order valence-electron chi connectivity index (χ3n) is 4.50. The fourth-order valence-electron chi connectivity index (χ4n) is 3.13. The Balaban J connectivity index is 1.47. The Morgan fingerprint density at radius 2 is 1.92 bits per heavy atom. The zero-order chi connectivity index (χ0) is 17.2. The van der Waals surface area contributed by atoms with E-state index in [0.29, 0.717) is 6.54 Å². The molecule has 2 aromatic carbocycles. The second-order valence-electron chi connectivity index (χ2n) is 6.34. The van der Waals surface area contributed by atoms with E-state index in [9.17, 15) is 4.79 Å². The molecule has 25 heavy (non-hydrogen) atoms. The Morgan fingerprint density at radius 1 is 1.12 bits per heavy atom. The molecule has 0 atom stereocenters. The monoisotopic (exact) mass is 332 g/mol. The van der Waals surface area contributed by atoms with E-state index >= 15 is 0 Å². The van der Waals surface area contributed by atoms with Gasteiger partial charge in [0.2, 0.25) is 0 Å². The number of benzene rings is 2. The molecule has 0 saturated heterocycles. The molecule has 0 bridgehead atoms. The standard InChI is InChI=1S/C20H20N4O/c1-23(20(25)15-7-8-16-12-21-13-17(16)11-15)14-18-9-10-24(22-18)19-5-3-2-4-6-19/h2-11,21H,12-14H2,1H3. The van der Waals surface area contributed by atoms with Crippen LogP contribution in [0.25, 0.3) is 5.69 Å².